The molecule has 0 fully saturated rings. The number of carbonyl (C=O) groups is 1. The van der Waals surface area contributed by atoms with E-state index in [1.54, 1.807) is 35.7 Å². The second-order valence-corrected chi connectivity index (χ2v) is 8.15. The zero-order valence-electron chi connectivity index (χ0n) is 15.8. The van der Waals surface area contributed by atoms with Gasteiger partial charge in [-0.3, -0.25) is 4.79 Å². The summed E-state index contributed by atoms with van der Waals surface area (Å²) in [6, 6.07) is 14.7. The number of fused-ring (bicyclic) bond motifs is 1. The van der Waals surface area contributed by atoms with E-state index >= 15 is 0 Å². The van der Waals surface area contributed by atoms with E-state index < -0.39 is 0 Å². The van der Waals surface area contributed by atoms with Crippen LogP contribution >= 0.6 is 11.8 Å². The quantitative estimate of drug-likeness (QED) is 0.699. The van der Waals surface area contributed by atoms with Crippen LogP contribution in [0, 0.1) is 6.92 Å². The molecule has 0 radical (unpaired) electrons. The lowest BCUT2D eigenvalue weighted by molar-refractivity contribution is -0.115. The van der Waals surface area contributed by atoms with Crippen molar-refractivity contribution in [2.75, 3.05) is 12.4 Å². The van der Waals surface area contributed by atoms with Crippen LogP contribution in [0.15, 0.2) is 48.5 Å². The molecule has 6 nitrogen and oxygen atoms in total. The Labute approximate surface area is 167 Å². The molecular weight excluding hydrogens is 374 g/mol. The molecule has 3 aromatic rings. The zero-order chi connectivity index (χ0) is 19.8. The number of anilines is 1. The molecule has 0 spiro atoms. The molecule has 1 amide bonds. The summed E-state index contributed by atoms with van der Waals surface area (Å²) in [4.78, 5) is 12.7. The predicted octanol–water partition coefficient (Wildman–Crippen LogP) is 4.06. The Morgan fingerprint density at radius 1 is 1.21 bits per heavy atom. The number of phenols is 1. The number of carbonyl (C=O) groups excluding carboxylic acids is 1. The summed E-state index contributed by atoms with van der Waals surface area (Å²) in [5.74, 6) is 1.56. The van der Waals surface area contributed by atoms with Gasteiger partial charge in [0.1, 0.15) is 17.3 Å². The van der Waals surface area contributed by atoms with Crippen molar-refractivity contribution >= 4 is 23.5 Å². The normalized spacial score (nSPS) is 18.9. The van der Waals surface area contributed by atoms with Crippen molar-refractivity contribution in [1.29, 1.82) is 0 Å². The summed E-state index contributed by atoms with van der Waals surface area (Å²) in [5.41, 5.74) is 3.55. The minimum absolute atomic E-state index is 0.0661. The number of methoxy groups -OCH3 is 1. The first-order valence-corrected chi connectivity index (χ1v) is 9.91. The minimum Gasteiger partial charge on any atom is -0.508 e. The molecule has 144 valence electrons. The van der Waals surface area contributed by atoms with Gasteiger partial charge in [-0.2, -0.15) is 5.10 Å². The lowest BCUT2D eigenvalue weighted by Crippen LogP contribution is -2.22. The third-order valence-electron chi connectivity index (χ3n) is 4.81. The zero-order valence-corrected chi connectivity index (χ0v) is 16.7. The largest absolute Gasteiger partial charge is 0.508 e. The van der Waals surface area contributed by atoms with Crippen LogP contribution < -0.4 is 10.1 Å². The van der Waals surface area contributed by atoms with Crippen molar-refractivity contribution < 1.29 is 14.6 Å². The number of hydrogen-bond donors (Lipinski definition) is 2. The van der Waals surface area contributed by atoms with Crippen LogP contribution in [-0.2, 0) is 4.79 Å². The fourth-order valence-electron chi connectivity index (χ4n) is 3.37. The Bertz CT molecular complexity index is 1030. The van der Waals surface area contributed by atoms with Gasteiger partial charge in [0, 0.05) is 5.56 Å². The maximum absolute atomic E-state index is 12.7. The highest BCUT2D eigenvalue weighted by Gasteiger charge is 2.34. The summed E-state index contributed by atoms with van der Waals surface area (Å²) < 4.78 is 6.99. The van der Waals surface area contributed by atoms with Crippen LogP contribution in [-0.4, -0.2) is 33.2 Å². The van der Waals surface area contributed by atoms with Gasteiger partial charge in [-0.1, -0.05) is 12.1 Å². The van der Waals surface area contributed by atoms with Crippen molar-refractivity contribution in [3.8, 4) is 17.2 Å². The number of aromatic nitrogens is 2. The van der Waals surface area contributed by atoms with Gasteiger partial charge in [-0.25, -0.2) is 4.68 Å². The third kappa shape index (κ3) is 3.22. The van der Waals surface area contributed by atoms with Crippen LogP contribution in [0.2, 0.25) is 0 Å². The van der Waals surface area contributed by atoms with Gasteiger partial charge in [0.2, 0.25) is 5.91 Å². The average molecular weight is 395 g/mol. The molecular formula is C21H21N3O3S. The summed E-state index contributed by atoms with van der Waals surface area (Å²) in [6.45, 7) is 3.83. The second-order valence-electron chi connectivity index (χ2n) is 6.70. The fourth-order valence-corrected chi connectivity index (χ4v) is 4.68. The highest BCUT2D eigenvalue weighted by Crippen LogP contribution is 2.46. The van der Waals surface area contributed by atoms with Gasteiger partial charge in [0.05, 0.1) is 29.0 Å². The SMILES string of the molecule is COc1ccc(-n2nc(C)c3c2NC(=O)[C@H](C)S[C@H]3c2cccc(O)c2)cc1. The number of nitrogens with one attached hydrogen (secondary N) is 1. The Kier molecular flexibility index (Phi) is 4.77. The molecule has 1 aliphatic heterocycles. The van der Waals surface area contributed by atoms with E-state index in [4.69, 9.17) is 9.84 Å². The van der Waals surface area contributed by atoms with Crippen molar-refractivity contribution in [3.63, 3.8) is 0 Å². The molecule has 0 saturated heterocycles. The molecule has 0 unspecified atom stereocenters. The lowest BCUT2D eigenvalue weighted by Gasteiger charge is -2.17. The smallest absolute Gasteiger partial charge is 0.238 e. The van der Waals surface area contributed by atoms with Gasteiger partial charge in [0.15, 0.2) is 0 Å². The van der Waals surface area contributed by atoms with Crippen LogP contribution in [0.1, 0.15) is 29.0 Å². The monoisotopic (exact) mass is 395 g/mol. The highest BCUT2D eigenvalue weighted by atomic mass is 32.2. The first kappa shape index (κ1) is 18.4. The summed E-state index contributed by atoms with van der Waals surface area (Å²) in [5, 5.41) is 17.3. The van der Waals surface area contributed by atoms with E-state index in [-0.39, 0.29) is 22.2 Å². The Balaban J connectivity index is 1.88. The van der Waals surface area contributed by atoms with Gasteiger partial charge in [-0.15, -0.1) is 11.8 Å². The Morgan fingerprint density at radius 2 is 1.96 bits per heavy atom. The minimum atomic E-state index is -0.247. The third-order valence-corrected chi connectivity index (χ3v) is 6.21. The number of phenolic OH excluding ortho intramolecular Hbond substituents is 1. The molecule has 2 atom stereocenters. The number of hydrogen-bond acceptors (Lipinski definition) is 5. The first-order valence-electron chi connectivity index (χ1n) is 8.97. The molecule has 1 aromatic heterocycles. The van der Waals surface area contributed by atoms with Crippen molar-refractivity contribution in [1.82, 2.24) is 9.78 Å². The van der Waals surface area contributed by atoms with E-state index in [1.807, 2.05) is 50.2 Å². The number of rotatable bonds is 3. The molecule has 0 aliphatic carbocycles. The predicted molar refractivity (Wildman–Crippen MR) is 110 cm³/mol. The Hall–Kier alpha value is -2.93. The lowest BCUT2D eigenvalue weighted by atomic mass is 10.0. The van der Waals surface area contributed by atoms with E-state index in [0.29, 0.717) is 5.82 Å². The van der Waals surface area contributed by atoms with Gasteiger partial charge < -0.3 is 15.2 Å². The number of nitrogens with zero attached hydrogens (tertiary/aromatic N) is 2. The maximum atomic E-state index is 12.7. The van der Waals surface area contributed by atoms with Crippen LogP contribution in [0.4, 0.5) is 5.82 Å². The van der Waals surface area contributed by atoms with Crippen molar-refractivity contribution in [3.05, 3.63) is 65.4 Å². The molecule has 7 heteroatoms. The number of amides is 1. The molecule has 28 heavy (non-hydrogen) atoms. The topological polar surface area (TPSA) is 76.4 Å². The Morgan fingerprint density at radius 3 is 2.64 bits per heavy atom. The number of thioether (sulfide) groups is 1. The maximum Gasteiger partial charge on any atom is 0.238 e. The first-order chi connectivity index (χ1) is 13.5. The summed E-state index contributed by atoms with van der Waals surface area (Å²) in [7, 11) is 1.62. The van der Waals surface area contributed by atoms with Gasteiger partial charge >= 0.3 is 0 Å². The second kappa shape index (κ2) is 7.24. The molecule has 2 heterocycles. The van der Waals surface area contributed by atoms with Crippen LogP contribution in [0.25, 0.3) is 5.69 Å². The molecule has 1 aliphatic rings. The van der Waals surface area contributed by atoms with Gasteiger partial charge in [-0.05, 0) is 55.8 Å². The number of aryl methyl sites for hydroxylation is 1. The average Bonchev–Trinajstić information content (AvgIpc) is 2.94. The standard InChI is InChI=1S/C21H21N3O3S/c1-12-18-19(14-5-4-6-16(25)11-14)28-13(2)21(26)22-20(18)24(23-12)15-7-9-17(27-3)10-8-15/h4-11,13,19,25H,1-3H3,(H,22,26)/t13-,19-/m0/s1. The number of aromatic hydroxyl groups is 1. The molecule has 2 N–H and O–H groups in total. The molecule has 2 aromatic carbocycles. The van der Waals surface area contributed by atoms with Crippen LogP contribution in [0.3, 0.4) is 0 Å². The highest BCUT2D eigenvalue weighted by molar-refractivity contribution is 8.01. The fraction of sp³-hybridized carbons (Fsp3) is 0.238. The van der Waals surface area contributed by atoms with E-state index in [1.165, 1.54) is 0 Å². The molecule has 0 bridgehead atoms. The number of benzene rings is 2. The van der Waals surface area contributed by atoms with Gasteiger partial charge in [0.25, 0.3) is 0 Å². The summed E-state index contributed by atoms with van der Waals surface area (Å²) in [6.07, 6.45) is 0. The molecule has 0 saturated carbocycles. The van der Waals surface area contributed by atoms with E-state index in [0.717, 1.165) is 28.3 Å². The van der Waals surface area contributed by atoms with E-state index in [9.17, 15) is 9.90 Å². The van der Waals surface area contributed by atoms with Crippen molar-refractivity contribution in [2.24, 2.45) is 0 Å². The molecule has 4 rings (SSSR count). The van der Waals surface area contributed by atoms with Crippen LogP contribution in [0.5, 0.6) is 11.5 Å². The van der Waals surface area contributed by atoms with E-state index in [2.05, 4.69) is 5.32 Å². The number of ether oxygens (including phenoxy) is 1. The summed E-state index contributed by atoms with van der Waals surface area (Å²) >= 11 is 1.55. The van der Waals surface area contributed by atoms with Crippen molar-refractivity contribution in [2.45, 2.75) is 24.3 Å².